The molecule has 0 saturated carbocycles. The number of carbonyl (C=O) groups excluding carboxylic acids is 1. The normalized spacial score (nSPS) is 14.0. The Labute approximate surface area is 189 Å². The Morgan fingerprint density at radius 1 is 0.970 bits per heavy atom. The van der Waals surface area contributed by atoms with Crippen molar-refractivity contribution in [3.63, 3.8) is 0 Å². The van der Waals surface area contributed by atoms with Crippen molar-refractivity contribution in [3.8, 4) is 0 Å². The number of anilines is 1. The maximum atomic E-state index is 14.6. The molecule has 2 aromatic heterocycles. The molecule has 0 radical (unpaired) electrons. The Morgan fingerprint density at radius 2 is 1.73 bits per heavy atom. The van der Waals surface area contributed by atoms with Gasteiger partial charge in [0.05, 0.1) is 16.6 Å². The highest BCUT2D eigenvalue weighted by Crippen LogP contribution is 2.20. The molecular formula is C25H22FN5O2. The first-order chi connectivity index (χ1) is 16.1. The van der Waals surface area contributed by atoms with Crippen molar-refractivity contribution in [2.45, 2.75) is 6.42 Å². The molecule has 8 heteroatoms. The van der Waals surface area contributed by atoms with E-state index in [1.54, 1.807) is 35.4 Å². The van der Waals surface area contributed by atoms with Crippen LogP contribution in [0.2, 0.25) is 0 Å². The summed E-state index contributed by atoms with van der Waals surface area (Å²) in [7, 11) is 0. The van der Waals surface area contributed by atoms with Gasteiger partial charge in [0.15, 0.2) is 0 Å². The number of halogens is 1. The fraction of sp³-hybridized carbons (Fsp3) is 0.200. The number of carbonyl (C=O) groups is 1. The Hall–Kier alpha value is -4.07. The molecule has 5 rings (SSSR count). The average Bonchev–Trinajstić information content (AvgIpc) is 2.87. The highest BCUT2D eigenvalue weighted by molar-refractivity contribution is 5.95. The van der Waals surface area contributed by atoms with Crippen molar-refractivity contribution < 1.29 is 9.18 Å². The topological polar surface area (TPSA) is 82.2 Å². The third-order valence-corrected chi connectivity index (χ3v) is 5.95. The molecule has 1 aliphatic heterocycles. The van der Waals surface area contributed by atoms with Gasteiger partial charge in [-0.25, -0.2) is 14.5 Å². The number of nitrogens with zero attached hydrogens (tertiary/aromatic N) is 4. The van der Waals surface area contributed by atoms with Gasteiger partial charge < -0.3 is 9.80 Å². The van der Waals surface area contributed by atoms with E-state index in [4.69, 9.17) is 0 Å². The van der Waals surface area contributed by atoms with Crippen molar-refractivity contribution in [2.24, 2.45) is 0 Å². The first kappa shape index (κ1) is 20.8. The summed E-state index contributed by atoms with van der Waals surface area (Å²) in [5.41, 5.74) is 1.21. The van der Waals surface area contributed by atoms with Crippen LogP contribution >= 0.6 is 0 Å². The lowest BCUT2D eigenvalue weighted by Crippen LogP contribution is -2.49. The molecule has 0 bridgehead atoms. The summed E-state index contributed by atoms with van der Waals surface area (Å²) in [4.78, 5) is 33.3. The molecule has 0 unspecified atom stereocenters. The van der Waals surface area contributed by atoms with Gasteiger partial charge in [0.1, 0.15) is 11.6 Å². The standard InChI is InChI=1S/C25H22FN5O2/c26-21-9-8-17(16-22-18-5-1-2-6-19(18)24(32)29-28-22)15-20(21)25(33)31-13-11-30(12-14-31)23-7-3-4-10-27-23/h1-10,15H,11-14,16H2,(H,29,32). The largest absolute Gasteiger partial charge is 0.353 e. The van der Waals surface area contributed by atoms with Crippen LogP contribution in [0.1, 0.15) is 21.6 Å². The summed E-state index contributed by atoms with van der Waals surface area (Å²) >= 11 is 0. The fourth-order valence-corrected chi connectivity index (χ4v) is 4.20. The molecule has 2 aromatic carbocycles. The minimum absolute atomic E-state index is 0.0486. The first-order valence-electron chi connectivity index (χ1n) is 10.8. The summed E-state index contributed by atoms with van der Waals surface area (Å²) in [6.07, 6.45) is 2.11. The van der Waals surface area contributed by atoms with E-state index in [1.807, 2.05) is 30.3 Å². The van der Waals surface area contributed by atoms with E-state index in [2.05, 4.69) is 20.1 Å². The average molecular weight is 443 g/mol. The second-order valence-corrected chi connectivity index (χ2v) is 8.00. The van der Waals surface area contributed by atoms with E-state index in [0.717, 1.165) is 16.8 Å². The summed E-state index contributed by atoms with van der Waals surface area (Å²) < 4.78 is 14.6. The maximum absolute atomic E-state index is 14.6. The van der Waals surface area contributed by atoms with E-state index in [0.29, 0.717) is 43.7 Å². The molecular weight excluding hydrogens is 421 g/mol. The Kier molecular flexibility index (Phi) is 5.56. The number of amides is 1. The number of nitrogens with one attached hydrogen (secondary N) is 1. The molecule has 0 atom stereocenters. The van der Waals surface area contributed by atoms with Crippen LogP contribution in [0.15, 0.2) is 71.7 Å². The van der Waals surface area contributed by atoms with E-state index < -0.39 is 5.82 Å². The van der Waals surface area contributed by atoms with Crippen molar-refractivity contribution in [3.05, 3.63) is 99.9 Å². The Morgan fingerprint density at radius 3 is 2.48 bits per heavy atom. The zero-order valence-electron chi connectivity index (χ0n) is 17.9. The third kappa shape index (κ3) is 4.19. The van der Waals surface area contributed by atoms with Gasteiger partial charge in [-0.15, -0.1) is 0 Å². The van der Waals surface area contributed by atoms with Crippen LogP contribution in [0.5, 0.6) is 0 Å². The molecule has 1 N–H and O–H groups in total. The number of hydrogen-bond donors (Lipinski definition) is 1. The van der Waals surface area contributed by atoms with E-state index >= 15 is 0 Å². The second kappa shape index (κ2) is 8.82. The highest BCUT2D eigenvalue weighted by atomic mass is 19.1. The van der Waals surface area contributed by atoms with Crippen LogP contribution in [-0.4, -0.2) is 52.2 Å². The number of rotatable bonds is 4. The minimum atomic E-state index is -0.546. The number of benzene rings is 2. The van der Waals surface area contributed by atoms with Gasteiger partial charge in [-0.3, -0.25) is 9.59 Å². The van der Waals surface area contributed by atoms with E-state index in [1.165, 1.54) is 6.07 Å². The van der Waals surface area contributed by atoms with Gasteiger partial charge >= 0.3 is 0 Å². The van der Waals surface area contributed by atoms with Crippen molar-refractivity contribution in [1.82, 2.24) is 20.1 Å². The quantitative estimate of drug-likeness (QED) is 0.524. The summed E-state index contributed by atoms with van der Waals surface area (Å²) in [5, 5.41) is 7.99. The zero-order valence-corrected chi connectivity index (χ0v) is 17.9. The van der Waals surface area contributed by atoms with Gasteiger partial charge in [-0.1, -0.05) is 30.3 Å². The molecule has 166 valence electrons. The number of hydrogen-bond acceptors (Lipinski definition) is 5. The predicted molar refractivity (Wildman–Crippen MR) is 124 cm³/mol. The van der Waals surface area contributed by atoms with Gasteiger partial charge in [0.25, 0.3) is 11.5 Å². The number of fused-ring (bicyclic) bond motifs is 1. The van der Waals surface area contributed by atoms with Gasteiger partial charge in [0.2, 0.25) is 0 Å². The summed E-state index contributed by atoms with van der Waals surface area (Å²) in [5.74, 6) is 0.00269. The van der Waals surface area contributed by atoms with Crippen LogP contribution in [0.4, 0.5) is 10.2 Å². The second-order valence-electron chi connectivity index (χ2n) is 8.00. The fourth-order valence-electron chi connectivity index (χ4n) is 4.20. The van der Waals surface area contributed by atoms with Crippen molar-refractivity contribution in [1.29, 1.82) is 0 Å². The molecule has 1 amide bonds. The molecule has 0 spiro atoms. The number of piperazine rings is 1. The van der Waals surface area contributed by atoms with Gasteiger partial charge in [-0.2, -0.15) is 5.10 Å². The Bertz CT molecular complexity index is 1360. The smallest absolute Gasteiger partial charge is 0.272 e. The molecule has 1 saturated heterocycles. The van der Waals surface area contributed by atoms with Crippen molar-refractivity contribution in [2.75, 3.05) is 31.1 Å². The molecule has 3 heterocycles. The maximum Gasteiger partial charge on any atom is 0.272 e. The van der Waals surface area contributed by atoms with E-state index in [-0.39, 0.29) is 17.0 Å². The lowest BCUT2D eigenvalue weighted by Gasteiger charge is -2.35. The number of aromatic amines is 1. The number of aromatic nitrogens is 3. The minimum Gasteiger partial charge on any atom is -0.353 e. The van der Waals surface area contributed by atoms with Gasteiger partial charge in [-0.05, 0) is 35.9 Å². The molecule has 0 aliphatic carbocycles. The van der Waals surface area contributed by atoms with Crippen molar-refractivity contribution >= 4 is 22.5 Å². The number of H-pyrrole nitrogens is 1. The molecule has 1 aliphatic rings. The highest BCUT2D eigenvalue weighted by Gasteiger charge is 2.25. The van der Waals surface area contributed by atoms with Crippen LogP contribution in [0.25, 0.3) is 10.8 Å². The summed E-state index contributed by atoms with van der Waals surface area (Å²) in [6.45, 7) is 2.26. The predicted octanol–water partition coefficient (Wildman–Crippen LogP) is 3.01. The van der Waals surface area contributed by atoms with Crippen LogP contribution in [0, 0.1) is 5.82 Å². The molecule has 1 fully saturated rings. The SMILES string of the molecule is O=C(c1cc(Cc2n[nH]c(=O)c3ccccc23)ccc1F)N1CCN(c2ccccn2)CC1. The lowest BCUT2D eigenvalue weighted by molar-refractivity contribution is 0.0741. The van der Waals surface area contributed by atoms with Gasteiger partial charge in [0, 0.05) is 44.2 Å². The summed E-state index contributed by atoms with van der Waals surface area (Å²) in [6, 6.07) is 17.5. The zero-order chi connectivity index (χ0) is 22.8. The Balaban J connectivity index is 1.35. The third-order valence-electron chi connectivity index (χ3n) is 5.95. The molecule has 7 nitrogen and oxygen atoms in total. The van der Waals surface area contributed by atoms with Crippen LogP contribution in [0.3, 0.4) is 0 Å². The first-order valence-corrected chi connectivity index (χ1v) is 10.8. The van der Waals surface area contributed by atoms with E-state index in [9.17, 15) is 14.0 Å². The molecule has 4 aromatic rings. The van der Waals surface area contributed by atoms with Crippen LogP contribution in [-0.2, 0) is 6.42 Å². The lowest BCUT2D eigenvalue weighted by atomic mass is 10.0. The number of pyridine rings is 1. The van der Waals surface area contributed by atoms with Crippen LogP contribution < -0.4 is 10.5 Å². The monoisotopic (exact) mass is 443 g/mol. The molecule has 33 heavy (non-hydrogen) atoms.